The van der Waals surface area contributed by atoms with Crippen LogP contribution in [0.5, 0.6) is 0 Å². The second kappa shape index (κ2) is 3.82. The third kappa shape index (κ3) is 2.58. The minimum atomic E-state index is -0.236. The van der Waals surface area contributed by atoms with Crippen LogP contribution in [0.1, 0.15) is 26.0 Å². The molecule has 0 atom stereocenters. The Morgan fingerprint density at radius 3 is 2.71 bits per heavy atom. The highest BCUT2D eigenvalue weighted by Gasteiger charge is 2.21. The van der Waals surface area contributed by atoms with E-state index in [1.165, 1.54) is 0 Å². The van der Waals surface area contributed by atoms with Gasteiger partial charge in [0.2, 0.25) is 0 Å². The van der Waals surface area contributed by atoms with Gasteiger partial charge >= 0.3 is 0 Å². The second-order valence-corrected chi connectivity index (χ2v) is 4.27. The molecule has 0 aliphatic rings. The molecule has 0 aliphatic carbocycles. The van der Waals surface area contributed by atoms with Gasteiger partial charge in [0.05, 0.1) is 11.5 Å². The molecule has 0 aromatic carbocycles. The molecule has 0 radical (unpaired) electrons. The average molecular weight is 194 g/mol. The summed E-state index contributed by atoms with van der Waals surface area (Å²) in [5, 5.41) is 11.7. The van der Waals surface area contributed by atoms with Crippen molar-refractivity contribution >= 4 is 5.84 Å². The van der Waals surface area contributed by atoms with Gasteiger partial charge < -0.3 is 5.73 Å². The lowest BCUT2D eigenvalue weighted by atomic mass is 9.88. The highest BCUT2D eigenvalue weighted by atomic mass is 15.3. The number of aromatic nitrogens is 2. The van der Waals surface area contributed by atoms with Gasteiger partial charge in [-0.25, -0.2) is 0 Å². The Balaban J connectivity index is 2.52. The summed E-state index contributed by atoms with van der Waals surface area (Å²) >= 11 is 0. The van der Waals surface area contributed by atoms with E-state index in [1.54, 1.807) is 0 Å². The molecule has 1 heterocycles. The third-order valence-corrected chi connectivity index (χ3v) is 2.47. The van der Waals surface area contributed by atoms with Crippen LogP contribution in [0, 0.1) is 17.7 Å². The number of rotatable bonds is 4. The monoisotopic (exact) mass is 194 g/mol. The van der Waals surface area contributed by atoms with Gasteiger partial charge in [-0.1, -0.05) is 13.8 Å². The van der Waals surface area contributed by atoms with Crippen molar-refractivity contribution in [3.05, 3.63) is 18.0 Å². The first-order valence-corrected chi connectivity index (χ1v) is 4.76. The molecule has 0 spiro atoms. The van der Waals surface area contributed by atoms with Gasteiger partial charge in [0, 0.05) is 18.2 Å². The molecule has 4 nitrogen and oxygen atoms in total. The maximum absolute atomic E-state index is 7.42. The standard InChI is InChI=1S/C10H18N4/c1-8-4-6-14(13-8)7-5-10(2,3)9(11)12/h4,6H,5,7H2,1-3H3,(H3,11,12). The van der Waals surface area contributed by atoms with Gasteiger partial charge in [0.25, 0.3) is 0 Å². The highest BCUT2D eigenvalue weighted by molar-refractivity contribution is 5.82. The molecule has 0 amide bonds. The molecular weight excluding hydrogens is 176 g/mol. The van der Waals surface area contributed by atoms with Gasteiger partial charge in [-0.05, 0) is 19.4 Å². The van der Waals surface area contributed by atoms with E-state index in [-0.39, 0.29) is 11.3 Å². The van der Waals surface area contributed by atoms with E-state index in [2.05, 4.69) is 5.10 Å². The Bertz CT molecular complexity index is 325. The zero-order valence-corrected chi connectivity index (χ0v) is 9.04. The van der Waals surface area contributed by atoms with Gasteiger partial charge in [0.15, 0.2) is 0 Å². The molecule has 1 aromatic rings. The maximum Gasteiger partial charge on any atom is 0.0963 e. The van der Waals surface area contributed by atoms with Crippen LogP contribution in [-0.4, -0.2) is 15.6 Å². The summed E-state index contributed by atoms with van der Waals surface area (Å²) in [5.74, 6) is 0.237. The van der Waals surface area contributed by atoms with E-state index in [9.17, 15) is 0 Å². The first kappa shape index (κ1) is 10.8. The highest BCUT2D eigenvalue weighted by Crippen LogP contribution is 2.20. The van der Waals surface area contributed by atoms with E-state index in [4.69, 9.17) is 11.1 Å². The van der Waals surface area contributed by atoms with Crippen LogP contribution in [0.25, 0.3) is 0 Å². The van der Waals surface area contributed by atoms with Gasteiger partial charge in [0.1, 0.15) is 0 Å². The lowest BCUT2D eigenvalue weighted by Crippen LogP contribution is -2.31. The molecule has 14 heavy (non-hydrogen) atoms. The number of amidine groups is 1. The van der Waals surface area contributed by atoms with Crippen molar-refractivity contribution in [3.8, 4) is 0 Å². The summed E-state index contributed by atoms with van der Waals surface area (Å²) in [4.78, 5) is 0. The maximum atomic E-state index is 7.42. The number of hydrogen-bond acceptors (Lipinski definition) is 2. The van der Waals surface area contributed by atoms with E-state index >= 15 is 0 Å². The Morgan fingerprint density at radius 2 is 2.29 bits per heavy atom. The minimum absolute atomic E-state index is 0.236. The zero-order valence-electron chi connectivity index (χ0n) is 9.04. The topological polar surface area (TPSA) is 67.7 Å². The largest absolute Gasteiger partial charge is 0.387 e. The molecule has 78 valence electrons. The first-order chi connectivity index (χ1) is 6.42. The van der Waals surface area contributed by atoms with Crippen molar-refractivity contribution in [1.82, 2.24) is 9.78 Å². The Hall–Kier alpha value is -1.32. The molecule has 4 heteroatoms. The summed E-state index contributed by atoms with van der Waals surface area (Å²) in [6.07, 6.45) is 2.79. The summed E-state index contributed by atoms with van der Waals surface area (Å²) in [6, 6.07) is 1.97. The van der Waals surface area contributed by atoms with Crippen LogP contribution < -0.4 is 5.73 Å². The average Bonchev–Trinajstić information content (AvgIpc) is 2.48. The fourth-order valence-electron chi connectivity index (χ4n) is 1.12. The SMILES string of the molecule is Cc1ccn(CCC(C)(C)C(=N)N)n1. The quantitative estimate of drug-likeness (QED) is 0.564. The molecule has 3 N–H and O–H groups in total. The van der Waals surface area contributed by atoms with E-state index < -0.39 is 0 Å². The number of nitrogens with two attached hydrogens (primary N) is 1. The Labute approximate surface area is 84.6 Å². The lowest BCUT2D eigenvalue weighted by molar-refractivity contribution is 0.411. The molecule has 0 saturated heterocycles. The van der Waals surface area contributed by atoms with Crippen LogP contribution >= 0.6 is 0 Å². The van der Waals surface area contributed by atoms with Crippen molar-refractivity contribution in [2.75, 3.05) is 0 Å². The molecule has 0 fully saturated rings. The smallest absolute Gasteiger partial charge is 0.0963 e. The number of nitrogens with one attached hydrogen (secondary N) is 1. The molecular formula is C10H18N4. The van der Waals surface area contributed by atoms with E-state index in [0.29, 0.717) is 0 Å². The number of hydrogen-bond donors (Lipinski definition) is 2. The number of aryl methyl sites for hydroxylation is 2. The molecule has 0 aliphatic heterocycles. The van der Waals surface area contributed by atoms with Crippen molar-refractivity contribution in [1.29, 1.82) is 5.41 Å². The predicted molar refractivity (Wildman–Crippen MR) is 57.3 cm³/mol. The van der Waals surface area contributed by atoms with E-state index in [0.717, 1.165) is 18.7 Å². The van der Waals surface area contributed by atoms with Crippen molar-refractivity contribution in [3.63, 3.8) is 0 Å². The van der Waals surface area contributed by atoms with E-state index in [1.807, 2.05) is 37.7 Å². The predicted octanol–water partition coefficient (Wildman–Crippen LogP) is 1.54. The summed E-state index contributed by atoms with van der Waals surface area (Å²) in [6.45, 7) is 6.73. The number of nitrogens with zero attached hydrogens (tertiary/aromatic N) is 2. The van der Waals surface area contributed by atoms with Crippen LogP contribution in [0.2, 0.25) is 0 Å². The Kier molecular flexibility index (Phi) is 2.93. The van der Waals surface area contributed by atoms with Crippen molar-refractivity contribution < 1.29 is 0 Å². The van der Waals surface area contributed by atoms with Crippen molar-refractivity contribution in [2.45, 2.75) is 33.7 Å². The summed E-state index contributed by atoms with van der Waals surface area (Å²) in [5.41, 5.74) is 6.28. The van der Waals surface area contributed by atoms with Crippen molar-refractivity contribution in [2.24, 2.45) is 11.1 Å². The molecule has 0 bridgehead atoms. The second-order valence-electron chi connectivity index (χ2n) is 4.27. The molecule has 0 unspecified atom stereocenters. The normalized spacial score (nSPS) is 11.6. The fraction of sp³-hybridized carbons (Fsp3) is 0.600. The summed E-state index contributed by atoms with van der Waals surface area (Å²) in [7, 11) is 0. The van der Waals surface area contributed by atoms with Crippen LogP contribution in [-0.2, 0) is 6.54 Å². The minimum Gasteiger partial charge on any atom is -0.387 e. The fourth-order valence-corrected chi connectivity index (χ4v) is 1.12. The van der Waals surface area contributed by atoms with Gasteiger partial charge in [-0.15, -0.1) is 0 Å². The Morgan fingerprint density at radius 1 is 1.64 bits per heavy atom. The molecule has 1 rings (SSSR count). The third-order valence-electron chi connectivity index (χ3n) is 2.47. The molecule has 1 aromatic heterocycles. The lowest BCUT2D eigenvalue weighted by Gasteiger charge is -2.22. The van der Waals surface area contributed by atoms with Crippen LogP contribution in [0.15, 0.2) is 12.3 Å². The zero-order chi connectivity index (χ0) is 10.8. The molecule has 0 saturated carbocycles. The summed E-state index contributed by atoms with van der Waals surface area (Å²) < 4.78 is 1.89. The van der Waals surface area contributed by atoms with Crippen LogP contribution in [0.3, 0.4) is 0 Å². The van der Waals surface area contributed by atoms with Gasteiger partial charge in [-0.2, -0.15) is 5.10 Å². The van der Waals surface area contributed by atoms with Crippen LogP contribution in [0.4, 0.5) is 0 Å². The van der Waals surface area contributed by atoms with Gasteiger partial charge in [-0.3, -0.25) is 10.1 Å². The first-order valence-electron chi connectivity index (χ1n) is 4.76.